The van der Waals surface area contributed by atoms with Crippen LogP contribution in [0.1, 0.15) is 11.8 Å². The van der Waals surface area contributed by atoms with Crippen molar-refractivity contribution in [1.82, 2.24) is 5.32 Å². The van der Waals surface area contributed by atoms with Gasteiger partial charge in [-0.15, -0.1) is 23.1 Å². The van der Waals surface area contributed by atoms with E-state index in [4.69, 9.17) is 5.11 Å². The molecule has 0 unspecified atom stereocenters. The molecule has 0 aliphatic rings. The molecule has 7 heteroatoms. The van der Waals surface area contributed by atoms with Crippen molar-refractivity contribution in [3.05, 3.63) is 22.4 Å². The quantitative estimate of drug-likeness (QED) is 0.695. The molecule has 0 aliphatic carbocycles. The van der Waals surface area contributed by atoms with Crippen LogP contribution in [-0.4, -0.2) is 40.0 Å². The molecular formula is C11H15NO4S2. The Balaban J connectivity index is 2.30. The fraction of sp³-hybridized carbons (Fsp3) is 0.455. The highest BCUT2D eigenvalue weighted by atomic mass is 32.2. The van der Waals surface area contributed by atoms with E-state index in [2.05, 4.69) is 5.32 Å². The van der Waals surface area contributed by atoms with E-state index >= 15 is 0 Å². The number of hydrogen-bond acceptors (Lipinski definition) is 5. The number of amides is 1. The van der Waals surface area contributed by atoms with E-state index in [0.717, 1.165) is 10.6 Å². The lowest BCUT2D eigenvalue weighted by molar-refractivity contribution is -0.144. The van der Waals surface area contributed by atoms with Gasteiger partial charge in [0, 0.05) is 10.6 Å². The van der Waals surface area contributed by atoms with Crippen LogP contribution < -0.4 is 5.32 Å². The zero-order valence-corrected chi connectivity index (χ0v) is 11.5. The van der Waals surface area contributed by atoms with Crippen LogP contribution >= 0.6 is 23.1 Å². The minimum absolute atomic E-state index is 0.175. The predicted molar refractivity (Wildman–Crippen MR) is 71.7 cm³/mol. The maximum absolute atomic E-state index is 11.5. The third kappa shape index (κ3) is 5.07. The van der Waals surface area contributed by atoms with Crippen LogP contribution in [0.3, 0.4) is 0 Å². The lowest BCUT2D eigenvalue weighted by Gasteiger charge is -2.16. The Morgan fingerprint density at radius 2 is 2.28 bits per heavy atom. The van der Waals surface area contributed by atoms with Gasteiger partial charge in [0.2, 0.25) is 5.91 Å². The van der Waals surface area contributed by atoms with E-state index in [0.29, 0.717) is 0 Å². The SMILES string of the molecule is C[C@@H](O)[C@H](NC(=O)CSCc1cccs1)C(=O)O. The van der Waals surface area contributed by atoms with Gasteiger partial charge in [-0.1, -0.05) is 6.07 Å². The molecule has 2 atom stereocenters. The third-order valence-corrected chi connectivity index (χ3v) is 4.16. The molecule has 0 fully saturated rings. The fourth-order valence-corrected chi connectivity index (χ4v) is 2.92. The van der Waals surface area contributed by atoms with Gasteiger partial charge in [0.15, 0.2) is 6.04 Å². The summed E-state index contributed by atoms with van der Waals surface area (Å²) in [5, 5.41) is 22.2. The van der Waals surface area contributed by atoms with Gasteiger partial charge in [0.1, 0.15) is 0 Å². The normalized spacial score (nSPS) is 13.9. The summed E-state index contributed by atoms with van der Waals surface area (Å²) in [6.45, 7) is 1.33. The van der Waals surface area contributed by atoms with Gasteiger partial charge < -0.3 is 15.5 Å². The van der Waals surface area contributed by atoms with Crippen LogP contribution in [0.5, 0.6) is 0 Å². The van der Waals surface area contributed by atoms with Gasteiger partial charge in [-0.05, 0) is 18.4 Å². The molecule has 0 bridgehead atoms. The van der Waals surface area contributed by atoms with Crippen LogP contribution in [-0.2, 0) is 15.3 Å². The van der Waals surface area contributed by atoms with Crippen LogP contribution in [0.25, 0.3) is 0 Å². The molecule has 100 valence electrons. The van der Waals surface area contributed by atoms with Crippen molar-refractivity contribution in [2.45, 2.75) is 24.8 Å². The minimum atomic E-state index is -1.25. The summed E-state index contributed by atoms with van der Waals surface area (Å²) in [4.78, 5) is 23.4. The van der Waals surface area contributed by atoms with Crippen molar-refractivity contribution in [3.8, 4) is 0 Å². The molecule has 1 rings (SSSR count). The molecule has 0 saturated carbocycles. The Bertz CT molecular complexity index is 392. The molecule has 1 aromatic rings. The number of aliphatic hydroxyl groups excluding tert-OH is 1. The number of aliphatic carboxylic acids is 1. The zero-order chi connectivity index (χ0) is 13.5. The lowest BCUT2D eigenvalue weighted by atomic mass is 10.2. The topological polar surface area (TPSA) is 86.6 Å². The molecule has 18 heavy (non-hydrogen) atoms. The first-order chi connectivity index (χ1) is 8.50. The Labute approximate surface area is 113 Å². The van der Waals surface area contributed by atoms with E-state index < -0.39 is 18.1 Å². The first kappa shape index (κ1) is 15.0. The number of thiophene rings is 1. The average molecular weight is 289 g/mol. The van der Waals surface area contributed by atoms with Crippen molar-refractivity contribution in [2.24, 2.45) is 0 Å². The second-order valence-electron chi connectivity index (χ2n) is 3.70. The van der Waals surface area contributed by atoms with Crippen molar-refractivity contribution < 1.29 is 19.8 Å². The fourth-order valence-electron chi connectivity index (χ4n) is 1.24. The van der Waals surface area contributed by atoms with Crippen LogP contribution in [0.2, 0.25) is 0 Å². The first-order valence-corrected chi connectivity index (χ1v) is 7.34. The number of carbonyl (C=O) groups is 2. The number of carboxylic acid groups (broad SMARTS) is 1. The molecule has 0 saturated heterocycles. The van der Waals surface area contributed by atoms with Crippen molar-refractivity contribution in [1.29, 1.82) is 0 Å². The highest BCUT2D eigenvalue weighted by Gasteiger charge is 2.24. The van der Waals surface area contributed by atoms with Gasteiger partial charge >= 0.3 is 5.97 Å². The van der Waals surface area contributed by atoms with Crippen molar-refractivity contribution in [3.63, 3.8) is 0 Å². The number of nitrogens with one attached hydrogen (secondary N) is 1. The molecule has 0 aliphatic heterocycles. The molecule has 0 radical (unpaired) electrons. The number of carboxylic acids is 1. The highest BCUT2D eigenvalue weighted by molar-refractivity contribution is 7.99. The summed E-state index contributed by atoms with van der Waals surface area (Å²) in [5.41, 5.74) is 0. The Kier molecular flexibility index (Phi) is 6.17. The molecular weight excluding hydrogens is 274 g/mol. The number of aliphatic hydroxyl groups is 1. The largest absolute Gasteiger partial charge is 0.480 e. The maximum Gasteiger partial charge on any atom is 0.328 e. The number of thioether (sulfide) groups is 1. The van der Waals surface area contributed by atoms with Crippen molar-refractivity contribution >= 4 is 35.0 Å². The second-order valence-corrected chi connectivity index (χ2v) is 5.71. The highest BCUT2D eigenvalue weighted by Crippen LogP contribution is 2.16. The molecule has 0 spiro atoms. The monoisotopic (exact) mass is 289 g/mol. The lowest BCUT2D eigenvalue weighted by Crippen LogP contribution is -2.48. The van der Waals surface area contributed by atoms with Gasteiger partial charge in [-0.2, -0.15) is 0 Å². The smallest absolute Gasteiger partial charge is 0.328 e. The predicted octanol–water partition coefficient (Wildman–Crippen LogP) is 0.931. The van der Waals surface area contributed by atoms with Crippen LogP contribution in [0.15, 0.2) is 17.5 Å². The molecule has 0 aromatic carbocycles. The Morgan fingerprint density at radius 3 is 2.78 bits per heavy atom. The molecule has 1 amide bonds. The minimum Gasteiger partial charge on any atom is -0.480 e. The second kappa shape index (κ2) is 7.40. The van der Waals surface area contributed by atoms with Gasteiger partial charge in [0.25, 0.3) is 0 Å². The standard InChI is InChI=1S/C11H15NO4S2/c1-7(13)10(11(15)16)12-9(14)6-17-5-8-3-2-4-18-8/h2-4,7,10,13H,5-6H2,1H3,(H,12,14)(H,15,16)/t7-,10+/m1/s1. The van der Waals surface area contributed by atoms with E-state index in [9.17, 15) is 14.7 Å². The maximum atomic E-state index is 11.5. The molecule has 1 heterocycles. The third-order valence-electron chi connectivity index (χ3n) is 2.12. The summed E-state index contributed by atoms with van der Waals surface area (Å²) in [6, 6.07) is 2.67. The first-order valence-electron chi connectivity index (χ1n) is 5.31. The van der Waals surface area contributed by atoms with Crippen LogP contribution in [0, 0.1) is 0 Å². The van der Waals surface area contributed by atoms with Gasteiger partial charge in [-0.3, -0.25) is 4.79 Å². The number of rotatable bonds is 7. The van der Waals surface area contributed by atoms with E-state index in [1.165, 1.54) is 18.7 Å². The van der Waals surface area contributed by atoms with Crippen molar-refractivity contribution in [2.75, 3.05) is 5.75 Å². The van der Waals surface area contributed by atoms with E-state index in [1.807, 2.05) is 17.5 Å². The summed E-state index contributed by atoms with van der Waals surface area (Å²) in [6.07, 6.45) is -1.12. The zero-order valence-electron chi connectivity index (χ0n) is 9.83. The Morgan fingerprint density at radius 1 is 1.56 bits per heavy atom. The summed E-state index contributed by atoms with van der Waals surface area (Å²) in [7, 11) is 0. The summed E-state index contributed by atoms with van der Waals surface area (Å²) in [5.74, 6) is -0.724. The van der Waals surface area contributed by atoms with Crippen LogP contribution in [0.4, 0.5) is 0 Å². The number of hydrogen-bond donors (Lipinski definition) is 3. The van der Waals surface area contributed by atoms with Gasteiger partial charge in [-0.25, -0.2) is 4.79 Å². The number of carbonyl (C=O) groups excluding carboxylic acids is 1. The molecule has 5 nitrogen and oxygen atoms in total. The molecule has 1 aromatic heterocycles. The van der Waals surface area contributed by atoms with Gasteiger partial charge in [0.05, 0.1) is 11.9 Å². The Hall–Kier alpha value is -1.05. The summed E-state index contributed by atoms with van der Waals surface area (Å²) < 4.78 is 0. The van der Waals surface area contributed by atoms with E-state index in [-0.39, 0.29) is 11.7 Å². The molecule has 3 N–H and O–H groups in total. The average Bonchev–Trinajstić information content (AvgIpc) is 2.78. The summed E-state index contributed by atoms with van der Waals surface area (Å²) >= 11 is 3.02. The van der Waals surface area contributed by atoms with E-state index in [1.54, 1.807) is 11.3 Å².